The maximum Gasteiger partial charge on any atom is 0.338 e. The molecule has 1 aromatic carbocycles. The van der Waals surface area contributed by atoms with Crippen LogP contribution < -0.4 is 5.32 Å². The number of carbonyl (C=O) groups is 1. The molecular formula is C15H20FNO2. The number of rotatable bonds is 4. The van der Waals surface area contributed by atoms with Crippen LogP contribution in [0.3, 0.4) is 0 Å². The van der Waals surface area contributed by atoms with E-state index in [0.29, 0.717) is 12.6 Å². The molecule has 0 spiro atoms. The van der Waals surface area contributed by atoms with Gasteiger partial charge in [-0.2, -0.15) is 0 Å². The Bertz CT molecular complexity index is 440. The monoisotopic (exact) mass is 265 g/mol. The van der Waals surface area contributed by atoms with Gasteiger partial charge in [0, 0.05) is 12.6 Å². The van der Waals surface area contributed by atoms with Gasteiger partial charge in [-0.1, -0.05) is 31.7 Å². The van der Waals surface area contributed by atoms with Crippen LogP contribution in [0.15, 0.2) is 18.2 Å². The topological polar surface area (TPSA) is 49.3 Å². The number of nitrogens with one attached hydrogen (secondary N) is 1. The van der Waals surface area contributed by atoms with Crippen molar-refractivity contribution in [3.63, 3.8) is 0 Å². The number of carboxylic acid groups (broad SMARTS) is 1. The molecule has 0 radical (unpaired) electrons. The van der Waals surface area contributed by atoms with Gasteiger partial charge in [-0.15, -0.1) is 0 Å². The minimum Gasteiger partial charge on any atom is -0.478 e. The lowest BCUT2D eigenvalue weighted by Gasteiger charge is -2.16. The molecule has 1 aromatic rings. The SMILES string of the molecule is O=C(O)c1ccc(CNC2CCCCCC2)cc1F. The van der Waals surface area contributed by atoms with Crippen LogP contribution in [0.4, 0.5) is 4.39 Å². The molecular weight excluding hydrogens is 245 g/mol. The van der Waals surface area contributed by atoms with E-state index >= 15 is 0 Å². The zero-order valence-corrected chi connectivity index (χ0v) is 11.0. The first-order valence-electron chi connectivity index (χ1n) is 6.92. The van der Waals surface area contributed by atoms with Crippen LogP contribution in [0.25, 0.3) is 0 Å². The number of hydrogen-bond donors (Lipinski definition) is 2. The summed E-state index contributed by atoms with van der Waals surface area (Å²) in [6.07, 6.45) is 7.47. The van der Waals surface area contributed by atoms with E-state index in [4.69, 9.17) is 5.11 Å². The minimum absolute atomic E-state index is 0.266. The fraction of sp³-hybridized carbons (Fsp3) is 0.533. The molecule has 19 heavy (non-hydrogen) atoms. The Labute approximate surface area is 112 Å². The maximum absolute atomic E-state index is 13.5. The third-order valence-electron chi connectivity index (χ3n) is 3.71. The van der Waals surface area contributed by atoms with Gasteiger partial charge < -0.3 is 10.4 Å². The van der Waals surface area contributed by atoms with E-state index in [1.807, 2.05) is 0 Å². The molecule has 1 aliphatic rings. The second-order valence-corrected chi connectivity index (χ2v) is 5.19. The van der Waals surface area contributed by atoms with Crippen LogP contribution in [-0.4, -0.2) is 17.1 Å². The van der Waals surface area contributed by atoms with Crippen molar-refractivity contribution in [2.75, 3.05) is 0 Å². The second-order valence-electron chi connectivity index (χ2n) is 5.19. The summed E-state index contributed by atoms with van der Waals surface area (Å²) >= 11 is 0. The predicted octanol–water partition coefficient (Wildman–Crippen LogP) is 3.34. The van der Waals surface area contributed by atoms with E-state index < -0.39 is 11.8 Å². The van der Waals surface area contributed by atoms with Crippen molar-refractivity contribution >= 4 is 5.97 Å². The standard InChI is InChI=1S/C15H20FNO2/c16-14-9-11(7-8-13(14)15(18)19)10-17-12-5-3-1-2-4-6-12/h7-9,12,17H,1-6,10H2,(H,18,19). The highest BCUT2D eigenvalue weighted by molar-refractivity contribution is 5.87. The molecule has 0 unspecified atom stereocenters. The number of halogens is 1. The molecule has 0 saturated heterocycles. The lowest BCUT2D eigenvalue weighted by atomic mass is 10.1. The second kappa shape index (κ2) is 6.66. The largest absolute Gasteiger partial charge is 0.478 e. The Morgan fingerprint density at radius 2 is 1.95 bits per heavy atom. The van der Waals surface area contributed by atoms with Gasteiger partial charge in [-0.05, 0) is 30.5 Å². The third kappa shape index (κ3) is 4.03. The van der Waals surface area contributed by atoms with Crippen molar-refractivity contribution in [1.82, 2.24) is 5.32 Å². The Morgan fingerprint density at radius 3 is 2.53 bits per heavy atom. The van der Waals surface area contributed by atoms with Crippen molar-refractivity contribution in [2.45, 2.75) is 51.1 Å². The Balaban J connectivity index is 1.92. The Kier molecular flexibility index (Phi) is 4.91. The molecule has 1 saturated carbocycles. The van der Waals surface area contributed by atoms with Gasteiger partial charge >= 0.3 is 5.97 Å². The summed E-state index contributed by atoms with van der Waals surface area (Å²) in [5.41, 5.74) is 0.532. The Morgan fingerprint density at radius 1 is 1.26 bits per heavy atom. The van der Waals surface area contributed by atoms with Gasteiger partial charge in [0.15, 0.2) is 0 Å². The summed E-state index contributed by atoms with van der Waals surface area (Å²) in [6, 6.07) is 4.83. The summed E-state index contributed by atoms with van der Waals surface area (Å²) < 4.78 is 13.5. The quantitative estimate of drug-likeness (QED) is 0.821. The van der Waals surface area contributed by atoms with Crippen LogP contribution in [0, 0.1) is 5.82 Å². The predicted molar refractivity (Wildman–Crippen MR) is 71.7 cm³/mol. The first kappa shape index (κ1) is 14.0. The molecule has 2 rings (SSSR count). The van der Waals surface area contributed by atoms with Crippen molar-refractivity contribution in [3.8, 4) is 0 Å². The molecule has 0 bridgehead atoms. The van der Waals surface area contributed by atoms with Gasteiger partial charge in [-0.3, -0.25) is 0 Å². The fourth-order valence-electron chi connectivity index (χ4n) is 2.59. The lowest BCUT2D eigenvalue weighted by Crippen LogP contribution is -2.27. The average molecular weight is 265 g/mol. The number of hydrogen-bond acceptors (Lipinski definition) is 2. The van der Waals surface area contributed by atoms with Crippen molar-refractivity contribution < 1.29 is 14.3 Å². The first-order chi connectivity index (χ1) is 9.16. The highest BCUT2D eigenvalue weighted by atomic mass is 19.1. The van der Waals surface area contributed by atoms with E-state index in [1.165, 1.54) is 50.7 Å². The van der Waals surface area contributed by atoms with Gasteiger partial charge in [0.05, 0.1) is 5.56 Å². The molecule has 1 aliphatic carbocycles. The molecule has 0 heterocycles. The summed E-state index contributed by atoms with van der Waals surface area (Å²) in [5, 5.41) is 12.2. The minimum atomic E-state index is -1.22. The summed E-state index contributed by atoms with van der Waals surface area (Å²) in [5.74, 6) is -1.88. The van der Waals surface area contributed by atoms with E-state index in [2.05, 4.69) is 5.32 Å². The van der Waals surface area contributed by atoms with E-state index in [9.17, 15) is 9.18 Å². The van der Waals surface area contributed by atoms with Crippen LogP contribution in [0.2, 0.25) is 0 Å². The summed E-state index contributed by atoms with van der Waals surface area (Å²) in [4.78, 5) is 10.7. The van der Waals surface area contributed by atoms with Gasteiger partial charge in [0.2, 0.25) is 0 Å². The summed E-state index contributed by atoms with van der Waals surface area (Å²) in [6.45, 7) is 0.599. The number of carboxylic acids is 1. The third-order valence-corrected chi connectivity index (χ3v) is 3.71. The molecule has 0 aliphatic heterocycles. The van der Waals surface area contributed by atoms with E-state index in [-0.39, 0.29) is 5.56 Å². The molecule has 2 N–H and O–H groups in total. The molecule has 3 nitrogen and oxygen atoms in total. The van der Waals surface area contributed by atoms with Gasteiger partial charge in [0.25, 0.3) is 0 Å². The highest BCUT2D eigenvalue weighted by Gasteiger charge is 2.13. The lowest BCUT2D eigenvalue weighted by molar-refractivity contribution is 0.0692. The molecule has 1 fully saturated rings. The maximum atomic E-state index is 13.5. The molecule has 104 valence electrons. The van der Waals surface area contributed by atoms with E-state index in [0.717, 1.165) is 5.56 Å². The zero-order chi connectivity index (χ0) is 13.7. The molecule has 0 atom stereocenters. The van der Waals surface area contributed by atoms with Crippen molar-refractivity contribution in [2.24, 2.45) is 0 Å². The zero-order valence-electron chi connectivity index (χ0n) is 11.0. The number of aromatic carboxylic acids is 1. The van der Waals surface area contributed by atoms with E-state index in [1.54, 1.807) is 6.07 Å². The number of benzene rings is 1. The average Bonchev–Trinajstić information content (AvgIpc) is 2.64. The molecule has 0 amide bonds. The van der Waals surface area contributed by atoms with Crippen LogP contribution in [0.1, 0.15) is 54.4 Å². The van der Waals surface area contributed by atoms with Crippen LogP contribution >= 0.6 is 0 Å². The van der Waals surface area contributed by atoms with Crippen molar-refractivity contribution in [3.05, 3.63) is 35.1 Å². The normalized spacial score (nSPS) is 17.1. The first-order valence-corrected chi connectivity index (χ1v) is 6.92. The van der Waals surface area contributed by atoms with Crippen LogP contribution in [-0.2, 0) is 6.54 Å². The van der Waals surface area contributed by atoms with Gasteiger partial charge in [-0.25, -0.2) is 9.18 Å². The molecule has 4 heteroatoms. The fourth-order valence-corrected chi connectivity index (χ4v) is 2.59. The smallest absolute Gasteiger partial charge is 0.338 e. The van der Waals surface area contributed by atoms with Gasteiger partial charge in [0.1, 0.15) is 5.82 Å². The Hall–Kier alpha value is -1.42. The van der Waals surface area contributed by atoms with Crippen LogP contribution in [0.5, 0.6) is 0 Å². The molecule has 0 aromatic heterocycles. The van der Waals surface area contributed by atoms with Crippen molar-refractivity contribution in [1.29, 1.82) is 0 Å². The summed E-state index contributed by atoms with van der Waals surface area (Å²) in [7, 11) is 0. The highest BCUT2D eigenvalue weighted by Crippen LogP contribution is 2.18.